The van der Waals surface area contributed by atoms with Gasteiger partial charge in [-0.15, -0.1) is 0 Å². The van der Waals surface area contributed by atoms with Gasteiger partial charge in [0, 0.05) is 0 Å². The molecule has 0 fully saturated rings. The fourth-order valence-corrected chi connectivity index (χ4v) is 5.11. The number of allylic oxidation sites excluding steroid dienone is 1. The van der Waals surface area contributed by atoms with Crippen molar-refractivity contribution in [3.8, 4) is 0 Å². The highest BCUT2D eigenvalue weighted by atomic mass is 16.5. The van der Waals surface area contributed by atoms with E-state index in [0.29, 0.717) is 12.2 Å². The van der Waals surface area contributed by atoms with E-state index in [0.717, 1.165) is 12.0 Å². The largest absolute Gasteiger partial charge is 0.462 e. The summed E-state index contributed by atoms with van der Waals surface area (Å²) in [6.07, 6.45) is 0.917. The molecule has 0 amide bonds. The maximum Gasteiger partial charge on any atom is 0.338 e. The van der Waals surface area contributed by atoms with Crippen LogP contribution in [0.5, 0.6) is 0 Å². The molecule has 1 aliphatic rings. The van der Waals surface area contributed by atoms with E-state index < -0.39 is 0 Å². The molecule has 4 aromatic carbocycles. The van der Waals surface area contributed by atoms with Crippen LogP contribution < -0.4 is 0 Å². The Balaban J connectivity index is 1.76. The van der Waals surface area contributed by atoms with Gasteiger partial charge in [-0.25, -0.2) is 4.79 Å². The molecule has 0 saturated carbocycles. The molecular formula is C32H30O2. The van der Waals surface area contributed by atoms with Crippen molar-refractivity contribution in [3.63, 3.8) is 0 Å². The van der Waals surface area contributed by atoms with Crippen molar-refractivity contribution in [3.05, 3.63) is 118 Å². The monoisotopic (exact) mass is 446 g/mol. The topological polar surface area (TPSA) is 26.3 Å². The van der Waals surface area contributed by atoms with Crippen LogP contribution in [0.25, 0.3) is 21.9 Å². The second-order valence-corrected chi connectivity index (χ2v) is 9.82. The first-order valence-corrected chi connectivity index (χ1v) is 12.0. The van der Waals surface area contributed by atoms with Crippen molar-refractivity contribution in [2.75, 3.05) is 6.61 Å². The molecule has 0 aromatic heterocycles. The molecule has 0 heterocycles. The van der Waals surface area contributed by atoms with E-state index in [2.05, 4.69) is 93.6 Å². The zero-order valence-corrected chi connectivity index (χ0v) is 20.3. The van der Waals surface area contributed by atoms with Gasteiger partial charge in [-0.1, -0.05) is 80.1 Å². The molecule has 4 aromatic rings. The third-order valence-corrected chi connectivity index (χ3v) is 6.89. The summed E-state index contributed by atoms with van der Waals surface area (Å²) in [5.74, 6) is -0.275. The maximum absolute atomic E-state index is 12.2. The van der Waals surface area contributed by atoms with Crippen molar-refractivity contribution in [2.45, 2.75) is 39.5 Å². The molecule has 0 bridgehead atoms. The lowest BCUT2D eigenvalue weighted by Gasteiger charge is -2.37. The molecule has 0 saturated heterocycles. The highest BCUT2D eigenvalue weighted by Gasteiger charge is 2.34. The lowest BCUT2D eigenvalue weighted by atomic mass is 9.67. The highest BCUT2D eigenvalue weighted by Crippen LogP contribution is 2.49. The van der Waals surface area contributed by atoms with E-state index in [1.165, 1.54) is 44.2 Å². The molecule has 2 heteroatoms. The average molecular weight is 447 g/mol. The molecule has 0 atom stereocenters. The summed E-state index contributed by atoms with van der Waals surface area (Å²) in [5.41, 5.74) is 9.46. The number of benzene rings is 4. The summed E-state index contributed by atoms with van der Waals surface area (Å²) in [7, 11) is 0. The Bertz CT molecular complexity index is 1400. The van der Waals surface area contributed by atoms with Crippen LogP contribution in [-0.4, -0.2) is 12.6 Å². The minimum absolute atomic E-state index is 0.0251. The fourth-order valence-electron chi connectivity index (χ4n) is 5.11. The van der Waals surface area contributed by atoms with Crippen LogP contribution in [0.4, 0.5) is 0 Å². The van der Waals surface area contributed by atoms with Crippen LogP contribution in [0.2, 0.25) is 0 Å². The Morgan fingerprint density at radius 2 is 1.47 bits per heavy atom. The molecule has 0 unspecified atom stereocenters. The fraction of sp³-hybridized carbons (Fsp3) is 0.219. The lowest BCUT2D eigenvalue weighted by Crippen LogP contribution is -2.24. The number of aryl methyl sites for hydroxylation is 1. The lowest BCUT2D eigenvalue weighted by molar-refractivity contribution is 0.0526. The second kappa shape index (κ2) is 8.61. The zero-order chi connectivity index (χ0) is 23.9. The number of esters is 1. The standard InChI is InChI=1S/C32H30O2/c1-5-34-31(33)24-16-14-22(15-17-24)28-20-32(3,4)29-19-26-9-7-6-8-25(26)18-27(29)30(28)23-12-10-21(2)11-13-23/h6-19H,5,20H2,1-4H3. The van der Waals surface area contributed by atoms with Gasteiger partial charge < -0.3 is 4.74 Å². The number of hydrogen-bond donors (Lipinski definition) is 0. The van der Waals surface area contributed by atoms with E-state index in [1.54, 1.807) is 0 Å². The molecule has 0 spiro atoms. The molecule has 5 rings (SSSR count). The minimum atomic E-state index is -0.275. The Morgan fingerprint density at radius 3 is 2.12 bits per heavy atom. The van der Waals surface area contributed by atoms with Crippen molar-refractivity contribution in [1.29, 1.82) is 0 Å². The number of carbonyl (C=O) groups is 1. The van der Waals surface area contributed by atoms with Crippen LogP contribution in [0.15, 0.2) is 84.9 Å². The van der Waals surface area contributed by atoms with Gasteiger partial charge in [-0.05, 0) is 94.1 Å². The average Bonchev–Trinajstić information content (AvgIpc) is 2.84. The van der Waals surface area contributed by atoms with Gasteiger partial charge in [0.1, 0.15) is 0 Å². The first-order valence-electron chi connectivity index (χ1n) is 12.0. The van der Waals surface area contributed by atoms with Gasteiger partial charge in [0.2, 0.25) is 0 Å². The molecule has 2 nitrogen and oxygen atoms in total. The van der Waals surface area contributed by atoms with Gasteiger partial charge in [0.25, 0.3) is 0 Å². The van der Waals surface area contributed by atoms with Crippen LogP contribution >= 0.6 is 0 Å². The molecule has 0 radical (unpaired) electrons. The third-order valence-electron chi connectivity index (χ3n) is 6.89. The SMILES string of the molecule is CCOC(=O)c1ccc(C2=C(c3ccc(C)cc3)c3cc4ccccc4cc3C(C)(C)C2)cc1. The number of rotatable bonds is 4. The molecule has 1 aliphatic carbocycles. The van der Waals surface area contributed by atoms with Gasteiger partial charge in [-0.2, -0.15) is 0 Å². The molecule has 170 valence electrons. The van der Waals surface area contributed by atoms with E-state index in [4.69, 9.17) is 4.74 Å². The van der Waals surface area contributed by atoms with Crippen molar-refractivity contribution < 1.29 is 9.53 Å². The van der Waals surface area contributed by atoms with Gasteiger partial charge in [-0.3, -0.25) is 0 Å². The Morgan fingerprint density at radius 1 is 0.853 bits per heavy atom. The van der Waals surface area contributed by atoms with E-state index in [-0.39, 0.29) is 11.4 Å². The number of hydrogen-bond acceptors (Lipinski definition) is 2. The minimum Gasteiger partial charge on any atom is -0.462 e. The first-order chi connectivity index (χ1) is 16.4. The normalized spacial score (nSPS) is 14.7. The van der Waals surface area contributed by atoms with Crippen LogP contribution in [0.1, 0.15) is 65.4 Å². The number of fused-ring (bicyclic) bond motifs is 2. The van der Waals surface area contributed by atoms with Crippen LogP contribution in [-0.2, 0) is 10.2 Å². The smallest absolute Gasteiger partial charge is 0.338 e. The summed E-state index contributed by atoms with van der Waals surface area (Å²) in [6, 6.07) is 30.1. The van der Waals surface area contributed by atoms with Crippen molar-refractivity contribution in [2.24, 2.45) is 0 Å². The van der Waals surface area contributed by atoms with Crippen molar-refractivity contribution in [1.82, 2.24) is 0 Å². The molecule has 34 heavy (non-hydrogen) atoms. The highest BCUT2D eigenvalue weighted by molar-refractivity contribution is 6.04. The second-order valence-electron chi connectivity index (χ2n) is 9.82. The summed E-state index contributed by atoms with van der Waals surface area (Å²) < 4.78 is 5.18. The zero-order valence-electron chi connectivity index (χ0n) is 20.3. The summed E-state index contributed by atoms with van der Waals surface area (Å²) in [4.78, 5) is 12.2. The summed E-state index contributed by atoms with van der Waals surface area (Å²) >= 11 is 0. The van der Waals surface area contributed by atoms with Gasteiger partial charge in [0.05, 0.1) is 12.2 Å². The predicted molar refractivity (Wildman–Crippen MR) is 141 cm³/mol. The Kier molecular flexibility index (Phi) is 5.61. The van der Waals surface area contributed by atoms with Crippen molar-refractivity contribution >= 4 is 27.9 Å². The van der Waals surface area contributed by atoms with Gasteiger partial charge in [0.15, 0.2) is 0 Å². The van der Waals surface area contributed by atoms with Crippen LogP contribution in [0.3, 0.4) is 0 Å². The maximum atomic E-state index is 12.2. The number of ether oxygens (including phenoxy) is 1. The Hall–Kier alpha value is -3.65. The first kappa shape index (κ1) is 22.2. The predicted octanol–water partition coefficient (Wildman–Crippen LogP) is 7.97. The Labute approximate surface area is 201 Å². The summed E-state index contributed by atoms with van der Waals surface area (Å²) in [5, 5.41) is 2.53. The third kappa shape index (κ3) is 3.94. The number of carbonyl (C=O) groups excluding carboxylic acids is 1. The molecule has 0 aliphatic heterocycles. The molecular weight excluding hydrogens is 416 g/mol. The van der Waals surface area contributed by atoms with E-state index in [1.807, 2.05) is 19.1 Å². The van der Waals surface area contributed by atoms with Crippen LogP contribution in [0, 0.1) is 6.92 Å². The van der Waals surface area contributed by atoms with Gasteiger partial charge >= 0.3 is 5.97 Å². The van der Waals surface area contributed by atoms with E-state index >= 15 is 0 Å². The van der Waals surface area contributed by atoms with E-state index in [9.17, 15) is 4.79 Å². The quantitative estimate of drug-likeness (QED) is 0.297. The summed E-state index contributed by atoms with van der Waals surface area (Å²) in [6.45, 7) is 9.00. The molecule has 0 N–H and O–H groups in total.